The number of rotatable bonds is 4. The molecule has 1 saturated heterocycles. The van der Waals surface area contributed by atoms with E-state index in [1.165, 1.54) is 35.8 Å². The van der Waals surface area contributed by atoms with E-state index in [-0.39, 0.29) is 11.5 Å². The third kappa shape index (κ3) is 3.27. The van der Waals surface area contributed by atoms with Crippen molar-refractivity contribution in [3.8, 4) is 5.69 Å². The van der Waals surface area contributed by atoms with E-state index >= 15 is 0 Å². The minimum atomic E-state index is -0.353. The van der Waals surface area contributed by atoms with Crippen LogP contribution in [-0.4, -0.2) is 40.1 Å². The largest absolute Gasteiger partial charge is 0.383 e. The zero-order chi connectivity index (χ0) is 18.1. The molecule has 1 saturated carbocycles. The average Bonchev–Trinajstić information content (AvgIpc) is 2.66. The fourth-order valence-corrected chi connectivity index (χ4v) is 4.29. The number of aromatic nitrogens is 2. The molecule has 0 amide bonds. The molecule has 2 aromatic rings. The summed E-state index contributed by atoms with van der Waals surface area (Å²) in [5, 5.41) is 0. The van der Waals surface area contributed by atoms with E-state index in [1.807, 2.05) is 12.1 Å². The van der Waals surface area contributed by atoms with Gasteiger partial charge in [0.1, 0.15) is 5.82 Å². The molecule has 6 heteroatoms. The molecule has 4 rings (SSSR count). The Bertz CT molecular complexity index is 821. The lowest BCUT2D eigenvalue weighted by Crippen LogP contribution is -2.56. The molecule has 2 aliphatic rings. The summed E-state index contributed by atoms with van der Waals surface area (Å²) in [5.41, 5.74) is 14.0. The minimum absolute atomic E-state index is 0.244. The van der Waals surface area contributed by atoms with Crippen LogP contribution in [0.2, 0.25) is 0 Å². The Morgan fingerprint density at radius 2 is 1.85 bits per heavy atom. The predicted octanol–water partition coefficient (Wildman–Crippen LogP) is 1.56. The number of benzene rings is 1. The van der Waals surface area contributed by atoms with Crippen molar-refractivity contribution in [3.63, 3.8) is 0 Å². The molecule has 1 unspecified atom stereocenters. The van der Waals surface area contributed by atoms with Crippen LogP contribution in [0.25, 0.3) is 5.69 Å². The van der Waals surface area contributed by atoms with E-state index in [0.717, 1.165) is 31.7 Å². The number of anilines is 1. The molecule has 1 spiro atoms. The summed E-state index contributed by atoms with van der Waals surface area (Å²) >= 11 is 0. The Balaban J connectivity index is 1.33. The van der Waals surface area contributed by atoms with Crippen molar-refractivity contribution in [2.75, 3.05) is 25.4 Å². The van der Waals surface area contributed by atoms with Gasteiger partial charge in [0, 0.05) is 18.8 Å². The van der Waals surface area contributed by atoms with Crippen molar-refractivity contribution < 1.29 is 0 Å². The minimum Gasteiger partial charge on any atom is -0.383 e. The summed E-state index contributed by atoms with van der Waals surface area (Å²) in [7, 11) is 0. The standard InChI is InChI=1S/C20H27N5O/c21-17-5-8-20(17)9-13-24(14-10-20)11-6-15-1-3-16(4-2-15)25-12-7-18(22)23-19(25)26/h1-4,7,12,17H,5-6,8-11,13-14,21H2,(H2,22,23,26). The highest BCUT2D eigenvalue weighted by molar-refractivity contribution is 5.36. The van der Waals surface area contributed by atoms with E-state index in [1.54, 1.807) is 12.3 Å². The Morgan fingerprint density at radius 1 is 1.12 bits per heavy atom. The molecule has 1 aromatic heterocycles. The van der Waals surface area contributed by atoms with Crippen molar-refractivity contribution in [3.05, 3.63) is 52.6 Å². The quantitative estimate of drug-likeness (QED) is 0.871. The van der Waals surface area contributed by atoms with Gasteiger partial charge < -0.3 is 16.4 Å². The summed E-state index contributed by atoms with van der Waals surface area (Å²) in [4.78, 5) is 18.2. The Morgan fingerprint density at radius 3 is 2.42 bits per heavy atom. The Hall–Kier alpha value is -2.18. The van der Waals surface area contributed by atoms with Gasteiger partial charge in [-0.3, -0.25) is 4.57 Å². The summed E-state index contributed by atoms with van der Waals surface area (Å²) in [6.45, 7) is 3.41. The fraction of sp³-hybridized carbons (Fsp3) is 0.500. The molecular formula is C20H27N5O. The van der Waals surface area contributed by atoms with Gasteiger partial charge >= 0.3 is 5.69 Å². The van der Waals surface area contributed by atoms with Crippen LogP contribution >= 0.6 is 0 Å². The first-order valence-corrected chi connectivity index (χ1v) is 9.48. The lowest BCUT2D eigenvalue weighted by molar-refractivity contribution is 0.0106. The maximum absolute atomic E-state index is 11.9. The van der Waals surface area contributed by atoms with Crippen LogP contribution < -0.4 is 17.2 Å². The highest BCUT2D eigenvalue weighted by Gasteiger charge is 2.45. The van der Waals surface area contributed by atoms with Crippen molar-refractivity contribution in [1.82, 2.24) is 14.5 Å². The van der Waals surface area contributed by atoms with Gasteiger partial charge in [0.2, 0.25) is 0 Å². The number of piperidine rings is 1. The molecular weight excluding hydrogens is 326 g/mol. The number of nitrogens with two attached hydrogens (primary N) is 2. The molecule has 4 N–H and O–H groups in total. The first kappa shape index (κ1) is 17.2. The lowest BCUT2D eigenvalue weighted by Gasteiger charge is -2.52. The maximum atomic E-state index is 11.9. The van der Waals surface area contributed by atoms with Crippen LogP contribution in [0.5, 0.6) is 0 Å². The number of nitrogens with zero attached hydrogens (tertiary/aromatic N) is 3. The summed E-state index contributed by atoms with van der Waals surface area (Å²) in [5.74, 6) is 0.244. The predicted molar refractivity (Wildman–Crippen MR) is 103 cm³/mol. The molecule has 1 aromatic carbocycles. The number of nitrogen functional groups attached to an aromatic ring is 1. The zero-order valence-electron chi connectivity index (χ0n) is 15.1. The third-order valence-corrected chi connectivity index (χ3v) is 6.35. The van der Waals surface area contributed by atoms with Gasteiger partial charge in [0.25, 0.3) is 0 Å². The van der Waals surface area contributed by atoms with Crippen LogP contribution in [-0.2, 0) is 6.42 Å². The highest BCUT2D eigenvalue weighted by Crippen LogP contribution is 2.47. The second-order valence-electron chi connectivity index (χ2n) is 7.77. The van der Waals surface area contributed by atoms with E-state index in [0.29, 0.717) is 11.5 Å². The van der Waals surface area contributed by atoms with Gasteiger partial charge in [-0.05, 0) is 74.4 Å². The summed E-state index contributed by atoms with van der Waals surface area (Å²) in [6, 6.07) is 10.2. The topological polar surface area (TPSA) is 90.2 Å². The van der Waals surface area contributed by atoms with Gasteiger partial charge in [0.05, 0.1) is 5.69 Å². The summed E-state index contributed by atoms with van der Waals surface area (Å²) < 4.78 is 1.51. The molecule has 0 radical (unpaired) electrons. The second kappa shape index (κ2) is 6.85. The number of hydrogen-bond donors (Lipinski definition) is 2. The van der Waals surface area contributed by atoms with E-state index in [2.05, 4.69) is 22.0 Å². The Kier molecular flexibility index (Phi) is 4.54. The molecule has 2 heterocycles. The van der Waals surface area contributed by atoms with Crippen LogP contribution in [0.15, 0.2) is 41.3 Å². The van der Waals surface area contributed by atoms with Crippen molar-refractivity contribution in [2.24, 2.45) is 11.1 Å². The SMILES string of the molecule is Nc1ccn(-c2ccc(CCN3CCC4(CCC4N)CC3)cc2)c(=O)n1. The van der Waals surface area contributed by atoms with Crippen LogP contribution in [0.3, 0.4) is 0 Å². The smallest absolute Gasteiger partial charge is 0.354 e. The maximum Gasteiger partial charge on any atom is 0.354 e. The molecule has 6 nitrogen and oxygen atoms in total. The molecule has 0 bridgehead atoms. The van der Waals surface area contributed by atoms with Crippen LogP contribution in [0.4, 0.5) is 5.82 Å². The first-order valence-electron chi connectivity index (χ1n) is 9.48. The van der Waals surface area contributed by atoms with Gasteiger partial charge in [0.15, 0.2) is 0 Å². The van der Waals surface area contributed by atoms with Crippen LogP contribution in [0.1, 0.15) is 31.2 Å². The van der Waals surface area contributed by atoms with Gasteiger partial charge in [-0.15, -0.1) is 0 Å². The lowest BCUT2D eigenvalue weighted by atomic mass is 9.60. The Labute approximate surface area is 153 Å². The van der Waals surface area contributed by atoms with Crippen LogP contribution in [0, 0.1) is 5.41 Å². The number of likely N-dealkylation sites (tertiary alicyclic amines) is 1. The molecule has 1 aliphatic heterocycles. The molecule has 2 fully saturated rings. The third-order valence-electron chi connectivity index (χ3n) is 6.35. The zero-order valence-corrected chi connectivity index (χ0v) is 15.1. The first-order chi connectivity index (χ1) is 12.6. The normalized spacial score (nSPS) is 22.3. The van der Waals surface area contributed by atoms with Crippen molar-refractivity contribution >= 4 is 5.82 Å². The molecule has 1 atom stereocenters. The number of hydrogen-bond acceptors (Lipinski definition) is 5. The summed E-state index contributed by atoms with van der Waals surface area (Å²) in [6.07, 6.45) is 7.71. The van der Waals surface area contributed by atoms with E-state index in [4.69, 9.17) is 11.5 Å². The molecule has 1 aliphatic carbocycles. The average molecular weight is 353 g/mol. The van der Waals surface area contributed by atoms with Gasteiger partial charge in [-0.1, -0.05) is 12.1 Å². The van der Waals surface area contributed by atoms with E-state index in [9.17, 15) is 4.79 Å². The van der Waals surface area contributed by atoms with E-state index < -0.39 is 0 Å². The van der Waals surface area contributed by atoms with Gasteiger partial charge in [-0.25, -0.2) is 4.79 Å². The molecule has 138 valence electrons. The second-order valence-corrected chi connectivity index (χ2v) is 7.77. The fourth-order valence-electron chi connectivity index (χ4n) is 4.29. The van der Waals surface area contributed by atoms with Gasteiger partial charge in [-0.2, -0.15) is 4.98 Å². The highest BCUT2D eigenvalue weighted by atomic mass is 16.1. The molecule has 26 heavy (non-hydrogen) atoms. The monoisotopic (exact) mass is 353 g/mol. The van der Waals surface area contributed by atoms with Crippen molar-refractivity contribution in [2.45, 2.75) is 38.1 Å². The van der Waals surface area contributed by atoms with Crippen molar-refractivity contribution in [1.29, 1.82) is 0 Å².